The first-order chi connectivity index (χ1) is 2.80. The molecular formula is C2H7N2OP. The van der Waals surface area contributed by atoms with Gasteiger partial charge in [0.05, 0.1) is 0 Å². The van der Waals surface area contributed by atoms with E-state index in [9.17, 15) is 5.21 Å². The van der Waals surface area contributed by atoms with E-state index in [1.54, 1.807) is 0 Å². The summed E-state index contributed by atoms with van der Waals surface area (Å²) in [5.74, 6) is 5.13. The van der Waals surface area contributed by atoms with Crippen LogP contribution < -0.4 is 11.0 Å². The van der Waals surface area contributed by atoms with Crippen LogP contribution in [0.15, 0.2) is 0 Å². The molecule has 3 unspecified atom stereocenters. The van der Waals surface area contributed by atoms with Gasteiger partial charge in [0, 0.05) is 6.16 Å². The summed E-state index contributed by atoms with van der Waals surface area (Å²) in [7, 11) is 0.830. The number of hydrogen-bond donors (Lipinski definition) is 2. The number of hydrogen-bond acceptors (Lipinski definition) is 2. The second-order valence-electron chi connectivity index (χ2n) is 1.36. The van der Waals surface area contributed by atoms with Gasteiger partial charge in [0.25, 0.3) is 0 Å². The first kappa shape index (κ1) is 4.47. The van der Waals surface area contributed by atoms with E-state index in [1.165, 1.54) is 0 Å². The van der Waals surface area contributed by atoms with Gasteiger partial charge in [-0.25, -0.2) is 0 Å². The summed E-state index contributed by atoms with van der Waals surface area (Å²) in [4.78, 5) is 0. The quantitative estimate of drug-likeness (QED) is 0.237. The van der Waals surface area contributed by atoms with Crippen molar-refractivity contribution in [2.45, 2.75) is 5.78 Å². The summed E-state index contributed by atoms with van der Waals surface area (Å²) < 4.78 is 0. The summed E-state index contributed by atoms with van der Waals surface area (Å²) in [6.07, 6.45) is 1.05. The highest BCUT2D eigenvalue weighted by molar-refractivity contribution is 7.47. The second kappa shape index (κ2) is 1.43. The van der Waals surface area contributed by atoms with Gasteiger partial charge in [-0.3, -0.25) is 5.17 Å². The fourth-order valence-corrected chi connectivity index (χ4v) is 0.780. The van der Waals surface area contributed by atoms with Crippen LogP contribution in [0.5, 0.6) is 0 Å². The van der Waals surface area contributed by atoms with Gasteiger partial charge in [0.2, 0.25) is 0 Å². The standard InChI is InChI=1S/C2H7N2OP/c3-4(5)2-1-6-2/h2,4,6H,1,3H2. The van der Waals surface area contributed by atoms with Crippen LogP contribution in [-0.4, -0.2) is 11.9 Å². The summed E-state index contributed by atoms with van der Waals surface area (Å²) in [6.45, 7) is 0. The van der Waals surface area contributed by atoms with Crippen molar-refractivity contribution in [1.82, 2.24) is 0 Å². The van der Waals surface area contributed by atoms with Crippen LogP contribution in [0.2, 0.25) is 0 Å². The topological polar surface area (TPSA) is 53.5 Å². The van der Waals surface area contributed by atoms with Crippen molar-refractivity contribution in [3.05, 3.63) is 5.21 Å². The maximum atomic E-state index is 9.99. The molecule has 0 aromatic carbocycles. The van der Waals surface area contributed by atoms with Crippen molar-refractivity contribution < 1.29 is 5.17 Å². The number of hydroxylamine groups is 1. The Morgan fingerprint density at radius 2 is 2.50 bits per heavy atom. The molecule has 4 heteroatoms. The van der Waals surface area contributed by atoms with Crippen molar-refractivity contribution in [1.29, 1.82) is 0 Å². The van der Waals surface area contributed by atoms with Gasteiger partial charge in [0.1, 0.15) is 5.78 Å². The molecule has 1 saturated heterocycles. The summed E-state index contributed by atoms with van der Waals surface area (Å²) in [6, 6.07) is 0. The van der Waals surface area contributed by atoms with E-state index in [1.807, 2.05) is 0 Å². The molecule has 6 heavy (non-hydrogen) atoms. The molecule has 36 valence electrons. The van der Waals surface area contributed by atoms with E-state index >= 15 is 0 Å². The van der Waals surface area contributed by atoms with Crippen LogP contribution in [-0.2, 0) is 0 Å². The molecule has 1 rings (SSSR count). The Kier molecular flexibility index (Phi) is 1.06. The average molecular weight is 106 g/mol. The Morgan fingerprint density at radius 3 is 2.50 bits per heavy atom. The third-order valence-corrected chi connectivity index (χ3v) is 1.85. The minimum absolute atomic E-state index is 0.117. The van der Waals surface area contributed by atoms with Gasteiger partial charge >= 0.3 is 0 Å². The number of quaternary nitrogens is 1. The molecule has 1 heterocycles. The minimum atomic E-state index is -0.117. The van der Waals surface area contributed by atoms with Gasteiger partial charge in [-0.2, -0.15) is 5.84 Å². The van der Waals surface area contributed by atoms with Gasteiger partial charge in [-0.1, -0.05) is 8.58 Å². The zero-order valence-electron chi connectivity index (χ0n) is 3.27. The van der Waals surface area contributed by atoms with Crippen molar-refractivity contribution in [2.75, 3.05) is 6.16 Å². The van der Waals surface area contributed by atoms with Gasteiger partial charge in [-0.15, -0.1) is 0 Å². The lowest BCUT2D eigenvalue weighted by atomic mass is 10.8. The molecule has 0 aromatic heterocycles. The van der Waals surface area contributed by atoms with Crippen molar-refractivity contribution in [3.63, 3.8) is 0 Å². The highest BCUT2D eigenvalue weighted by atomic mass is 31.1. The SMILES string of the molecule is N[NH+]([O-])C1CP1. The number of rotatable bonds is 1. The number of nitrogens with two attached hydrogens (primary N) is 1. The molecule has 0 amide bonds. The Labute approximate surface area is 37.8 Å². The zero-order chi connectivity index (χ0) is 4.57. The predicted octanol–water partition coefficient (Wildman–Crippen LogP) is -1.74. The van der Waals surface area contributed by atoms with Crippen molar-refractivity contribution in [3.8, 4) is 0 Å². The molecular weight excluding hydrogens is 99.0 g/mol. The summed E-state index contributed by atoms with van der Waals surface area (Å²) in [5, 5.41) is 9.87. The highest BCUT2D eigenvalue weighted by Gasteiger charge is 2.26. The van der Waals surface area contributed by atoms with E-state index in [0.29, 0.717) is 0 Å². The molecule has 0 bridgehead atoms. The van der Waals surface area contributed by atoms with Crippen LogP contribution in [0.1, 0.15) is 0 Å². The number of nitrogens with one attached hydrogen (secondary N) is 1. The van der Waals surface area contributed by atoms with Crippen LogP contribution in [0.3, 0.4) is 0 Å². The molecule has 3 atom stereocenters. The van der Waals surface area contributed by atoms with Crippen molar-refractivity contribution >= 4 is 8.58 Å². The molecule has 0 spiro atoms. The Balaban J connectivity index is 2.13. The normalized spacial score (nSPS) is 40.0. The molecule has 0 saturated carbocycles. The largest absolute Gasteiger partial charge is 0.613 e. The molecule has 0 aliphatic carbocycles. The van der Waals surface area contributed by atoms with Gasteiger partial charge < -0.3 is 5.21 Å². The van der Waals surface area contributed by atoms with E-state index in [2.05, 4.69) is 0 Å². The highest BCUT2D eigenvalue weighted by Crippen LogP contribution is 2.32. The fourth-order valence-electron chi connectivity index (χ4n) is 0.260. The smallest absolute Gasteiger partial charge is 0.123 e. The monoisotopic (exact) mass is 106 g/mol. The lowest BCUT2D eigenvalue weighted by molar-refractivity contribution is -0.864. The molecule has 0 aromatic rings. The zero-order valence-corrected chi connectivity index (χ0v) is 4.27. The molecule has 1 aliphatic heterocycles. The summed E-state index contributed by atoms with van der Waals surface area (Å²) >= 11 is 0. The second-order valence-corrected chi connectivity index (χ2v) is 2.88. The predicted molar refractivity (Wildman–Crippen MR) is 25.5 cm³/mol. The first-order valence-corrected chi connectivity index (χ1v) is 3.12. The van der Waals surface area contributed by atoms with E-state index in [4.69, 9.17) is 5.84 Å². The molecule has 0 radical (unpaired) electrons. The van der Waals surface area contributed by atoms with Gasteiger partial charge in [0.15, 0.2) is 0 Å². The molecule has 1 aliphatic rings. The average Bonchev–Trinajstić information content (AvgIpc) is 2.06. The lowest BCUT2D eigenvalue weighted by Gasteiger charge is -2.11. The van der Waals surface area contributed by atoms with Gasteiger partial charge in [-0.05, 0) is 0 Å². The Hall–Kier alpha value is 0.310. The first-order valence-electron chi connectivity index (χ1n) is 1.83. The van der Waals surface area contributed by atoms with E-state index in [-0.39, 0.29) is 11.0 Å². The summed E-state index contributed by atoms with van der Waals surface area (Å²) in [5.41, 5.74) is 0. The van der Waals surface area contributed by atoms with E-state index in [0.717, 1.165) is 14.7 Å². The minimum Gasteiger partial charge on any atom is -0.613 e. The maximum Gasteiger partial charge on any atom is 0.123 e. The molecule has 3 N–H and O–H groups in total. The van der Waals surface area contributed by atoms with Crippen LogP contribution in [0.4, 0.5) is 0 Å². The van der Waals surface area contributed by atoms with Crippen LogP contribution in [0, 0.1) is 5.21 Å². The molecule has 1 fully saturated rings. The van der Waals surface area contributed by atoms with Crippen LogP contribution >= 0.6 is 8.58 Å². The van der Waals surface area contributed by atoms with Crippen LogP contribution in [0.25, 0.3) is 0 Å². The lowest BCUT2D eigenvalue weighted by Crippen LogP contribution is -3.14. The maximum absolute atomic E-state index is 9.99. The van der Waals surface area contributed by atoms with Crippen molar-refractivity contribution in [2.24, 2.45) is 5.84 Å². The molecule has 3 nitrogen and oxygen atoms in total. The Bertz CT molecular complexity index is 53.5. The fraction of sp³-hybridized carbons (Fsp3) is 1.00. The third kappa shape index (κ3) is 0.884. The Morgan fingerprint density at radius 1 is 2.00 bits per heavy atom. The third-order valence-electron chi connectivity index (χ3n) is 0.752. The van der Waals surface area contributed by atoms with E-state index < -0.39 is 0 Å².